The summed E-state index contributed by atoms with van der Waals surface area (Å²) in [5.41, 5.74) is 0. The summed E-state index contributed by atoms with van der Waals surface area (Å²) in [6.45, 7) is 0. The smallest absolute Gasteiger partial charge is 0.00380 e. The van der Waals surface area contributed by atoms with Crippen LogP contribution in [0.5, 0.6) is 0 Å². The molecule has 38 valence electrons. The molecule has 1 aliphatic rings. The molecule has 1 fully saturated rings. The fraction of sp³-hybridized carbons (Fsp3) is 1.00. The van der Waals surface area contributed by atoms with E-state index in [9.17, 15) is 0 Å². The van der Waals surface area contributed by atoms with E-state index in [1.807, 2.05) is 0 Å². The predicted molar refractivity (Wildman–Crippen MR) is 30.6 cm³/mol. The minimum absolute atomic E-state index is 0.465. The molecule has 2 heteroatoms. The molecule has 0 radical (unpaired) electrons. The van der Waals surface area contributed by atoms with Crippen LogP contribution in [0.15, 0.2) is 0 Å². The van der Waals surface area contributed by atoms with E-state index in [2.05, 4.69) is 0 Å². The molecule has 1 saturated heterocycles. The molecule has 0 bridgehead atoms. The van der Waals surface area contributed by atoms with E-state index in [0.717, 1.165) is 11.5 Å². The highest BCUT2D eigenvalue weighted by Crippen LogP contribution is 2.28. The van der Waals surface area contributed by atoms with E-state index >= 15 is 0 Å². The normalized spacial score (nSPS) is 28.5. The molecule has 0 atom stereocenters. The van der Waals surface area contributed by atoms with Gasteiger partial charge in [0, 0.05) is 0 Å². The quantitative estimate of drug-likeness (QED) is 0.445. The SMILES string of the molecule is O[SH]1CCCC1. The first-order valence-corrected chi connectivity index (χ1v) is 4.00. The maximum Gasteiger partial charge on any atom is -0.00380 e. The average molecular weight is 106 g/mol. The zero-order chi connectivity index (χ0) is 4.41. The number of rotatable bonds is 0. The van der Waals surface area contributed by atoms with Crippen LogP contribution in [0.25, 0.3) is 0 Å². The van der Waals surface area contributed by atoms with Gasteiger partial charge in [-0.25, -0.2) is 0 Å². The molecule has 1 N–H and O–H groups in total. The Bertz CT molecular complexity index is 40.8. The standard InChI is InChI=1S/C4H10OS/c5-6-3-1-2-4-6/h5-6H,1-4H2. The Morgan fingerprint density at radius 1 is 1.17 bits per heavy atom. The zero-order valence-corrected chi connectivity index (χ0v) is 4.62. The second-order valence-corrected chi connectivity index (χ2v) is 3.57. The van der Waals surface area contributed by atoms with Gasteiger partial charge in [0.1, 0.15) is 0 Å². The largest absolute Gasteiger partial charge is 0.354 e. The summed E-state index contributed by atoms with van der Waals surface area (Å²) >= 11 is -0.465. The van der Waals surface area contributed by atoms with Gasteiger partial charge in [0.05, 0.1) is 0 Å². The van der Waals surface area contributed by atoms with Crippen molar-refractivity contribution in [2.24, 2.45) is 0 Å². The van der Waals surface area contributed by atoms with Crippen LogP contribution in [0.4, 0.5) is 0 Å². The highest BCUT2D eigenvalue weighted by molar-refractivity contribution is 8.12. The Balaban J connectivity index is 2.18. The third-order valence-electron chi connectivity index (χ3n) is 1.08. The van der Waals surface area contributed by atoms with Gasteiger partial charge in [-0.3, -0.25) is 0 Å². The third kappa shape index (κ3) is 0.884. The van der Waals surface area contributed by atoms with Crippen molar-refractivity contribution in [3.63, 3.8) is 0 Å². The summed E-state index contributed by atoms with van der Waals surface area (Å²) in [6, 6.07) is 0. The van der Waals surface area contributed by atoms with Crippen molar-refractivity contribution in [3.8, 4) is 0 Å². The Hall–Kier alpha value is 0.310. The topological polar surface area (TPSA) is 20.2 Å². The molecule has 1 rings (SSSR count). The molecule has 0 amide bonds. The van der Waals surface area contributed by atoms with E-state index in [1.54, 1.807) is 0 Å². The summed E-state index contributed by atoms with van der Waals surface area (Å²) in [4.78, 5) is 0. The predicted octanol–water partition coefficient (Wildman–Crippen LogP) is 1.25. The van der Waals surface area contributed by atoms with Crippen LogP contribution in [0.3, 0.4) is 0 Å². The van der Waals surface area contributed by atoms with Crippen LogP contribution in [0, 0.1) is 0 Å². The maximum absolute atomic E-state index is 8.79. The number of thiol groups is 1. The molecular weight excluding hydrogens is 96.1 g/mol. The first-order chi connectivity index (χ1) is 2.89. The van der Waals surface area contributed by atoms with Gasteiger partial charge >= 0.3 is 0 Å². The molecule has 1 heterocycles. The molecule has 0 saturated carbocycles. The van der Waals surface area contributed by atoms with Crippen molar-refractivity contribution in [1.82, 2.24) is 0 Å². The van der Waals surface area contributed by atoms with E-state index in [-0.39, 0.29) is 0 Å². The van der Waals surface area contributed by atoms with Crippen LogP contribution >= 0.6 is 11.2 Å². The first kappa shape index (κ1) is 4.47. The summed E-state index contributed by atoms with van der Waals surface area (Å²) in [5, 5.41) is 0. The van der Waals surface area contributed by atoms with Crippen LogP contribution in [0.1, 0.15) is 12.8 Å². The van der Waals surface area contributed by atoms with Crippen LogP contribution in [-0.2, 0) is 0 Å². The van der Waals surface area contributed by atoms with Gasteiger partial charge in [0.25, 0.3) is 0 Å². The van der Waals surface area contributed by atoms with Crippen molar-refractivity contribution in [2.75, 3.05) is 11.5 Å². The van der Waals surface area contributed by atoms with Crippen molar-refractivity contribution in [3.05, 3.63) is 0 Å². The molecule has 0 spiro atoms. The molecule has 0 aromatic heterocycles. The third-order valence-corrected chi connectivity index (χ3v) is 2.75. The van der Waals surface area contributed by atoms with E-state index in [0.29, 0.717) is 0 Å². The molecule has 0 aromatic rings. The van der Waals surface area contributed by atoms with Crippen molar-refractivity contribution in [1.29, 1.82) is 0 Å². The Kier molecular flexibility index (Phi) is 1.37. The summed E-state index contributed by atoms with van der Waals surface area (Å²) in [5.74, 6) is 2.21. The van der Waals surface area contributed by atoms with Gasteiger partial charge < -0.3 is 4.55 Å². The van der Waals surface area contributed by atoms with Gasteiger partial charge in [-0.15, -0.1) is 0 Å². The van der Waals surface area contributed by atoms with Crippen LogP contribution in [-0.4, -0.2) is 16.1 Å². The van der Waals surface area contributed by atoms with E-state index < -0.39 is 11.2 Å². The lowest BCUT2D eigenvalue weighted by molar-refractivity contribution is 0.652. The molecule has 0 unspecified atom stereocenters. The van der Waals surface area contributed by atoms with Crippen LogP contribution in [0.2, 0.25) is 0 Å². The summed E-state index contributed by atoms with van der Waals surface area (Å²) in [7, 11) is 0. The highest BCUT2D eigenvalue weighted by Gasteiger charge is 2.05. The van der Waals surface area contributed by atoms with Crippen molar-refractivity contribution >= 4 is 11.2 Å². The Labute approximate surface area is 40.9 Å². The molecular formula is C4H10OS. The highest BCUT2D eigenvalue weighted by atomic mass is 32.2. The Morgan fingerprint density at radius 3 is 1.83 bits per heavy atom. The molecule has 0 aromatic carbocycles. The minimum atomic E-state index is -0.465. The monoisotopic (exact) mass is 106 g/mol. The van der Waals surface area contributed by atoms with Gasteiger partial charge in [0.15, 0.2) is 0 Å². The molecule has 1 aliphatic heterocycles. The number of hydrogen-bond donors (Lipinski definition) is 2. The van der Waals surface area contributed by atoms with E-state index in [4.69, 9.17) is 4.55 Å². The maximum atomic E-state index is 8.79. The van der Waals surface area contributed by atoms with Crippen molar-refractivity contribution < 1.29 is 4.55 Å². The minimum Gasteiger partial charge on any atom is -0.354 e. The molecule has 0 aliphatic carbocycles. The second-order valence-electron chi connectivity index (χ2n) is 1.66. The molecule has 1 nitrogen and oxygen atoms in total. The average Bonchev–Trinajstić information content (AvgIpc) is 1.86. The van der Waals surface area contributed by atoms with Crippen LogP contribution < -0.4 is 0 Å². The summed E-state index contributed by atoms with van der Waals surface area (Å²) in [6.07, 6.45) is 2.53. The summed E-state index contributed by atoms with van der Waals surface area (Å²) < 4.78 is 8.79. The first-order valence-electron chi connectivity index (χ1n) is 2.33. The lowest BCUT2D eigenvalue weighted by atomic mass is 10.4. The van der Waals surface area contributed by atoms with E-state index in [1.165, 1.54) is 12.8 Å². The lowest BCUT2D eigenvalue weighted by Gasteiger charge is -1.98. The van der Waals surface area contributed by atoms with Gasteiger partial charge in [-0.2, -0.15) is 11.2 Å². The fourth-order valence-corrected chi connectivity index (χ4v) is 2.10. The van der Waals surface area contributed by atoms with Crippen molar-refractivity contribution in [2.45, 2.75) is 12.8 Å². The zero-order valence-electron chi connectivity index (χ0n) is 3.72. The number of hydrogen-bond acceptors (Lipinski definition) is 1. The fourth-order valence-electron chi connectivity index (χ4n) is 0.700. The second kappa shape index (κ2) is 1.85. The Morgan fingerprint density at radius 2 is 1.67 bits per heavy atom. The van der Waals surface area contributed by atoms with Gasteiger partial charge in [-0.1, -0.05) is 0 Å². The van der Waals surface area contributed by atoms with Gasteiger partial charge in [-0.05, 0) is 24.3 Å². The molecule has 6 heavy (non-hydrogen) atoms. The lowest BCUT2D eigenvalue weighted by Crippen LogP contribution is -1.73. The van der Waals surface area contributed by atoms with Gasteiger partial charge in [0.2, 0.25) is 0 Å².